The van der Waals surface area contributed by atoms with Crippen molar-refractivity contribution < 1.29 is 45.9 Å². The number of nitrogens with zero attached hydrogens (tertiary/aromatic N) is 1. The number of hydrogen-bond donors (Lipinski definition) is 0. The van der Waals surface area contributed by atoms with Crippen molar-refractivity contribution in [3.63, 3.8) is 0 Å². The van der Waals surface area contributed by atoms with Crippen LogP contribution in [-0.4, -0.2) is 17.9 Å². The van der Waals surface area contributed by atoms with E-state index in [2.05, 4.69) is 12.7 Å². The van der Waals surface area contributed by atoms with E-state index in [-0.39, 0.29) is 38.5 Å². The Hall–Kier alpha value is -0.866. The number of benzene rings is 1. The zero-order chi connectivity index (χ0) is 14.0. The summed E-state index contributed by atoms with van der Waals surface area (Å²) in [6, 6.07) is 4.24. The molecular formula is C15H13F3NY-. The van der Waals surface area contributed by atoms with E-state index >= 15 is 0 Å². The van der Waals surface area contributed by atoms with Crippen LogP contribution in [0.2, 0.25) is 0 Å². The second-order valence-electron chi connectivity index (χ2n) is 4.28. The monoisotopic (exact) mass is 353 g/mol. The molecule has 1 aromatic rings. The number of halogens is 3. The van der Waals surface area contributed by atoms with Gasteiger partial charge < -0.3 is 4.90 Å². The van der Waals surface area contributed by atoms with E-state index in [1.807, 2.05) is 0 Å². The Bertz CT molecular complexity index is 564. The van der Waals surface area contributed by atoms with E-state index < -0.39 is 13.0 Å². The molecule has 1 radical (unpaired) electrons. The number of alkyl halides is 2. The Morgan fingerprint density at radius 2 is 2.05 bits per heavy atom. The molecule has 1 heterocycles. The third-order valence-corrected chi connectivity index (χ3v) is 2.88. The van der Waals surface area contributed by atoms with Crippen molar-refractivity contribution in [3.05, 3.63) is 65.6 Å². The van der Waals surface area contributed by atoms with Crippen LogP contribution in [0.3, 0.4) is 0 Å². The third-order valence-electron chi connectivity index (χ3n) is 2.88. The molecule has 0 amide bonds. The predicted octanol–water partition coefficient (Wildman–Crippen LogP) is 3.93. The van der Waals surface area contributed by atoms with Crippen LogP contribution in [0.5, 0.6) is 0 Å². The molecule has 1 aliphatic heterocycles. The smallest absolute Gasteiger partial charge is 0.256 e. The van der Waals surface area contributed by atoms with Crippen molar-refractivity contribution in [3.8, 4) is 0 Å². The van der Waals surface area contributed by atoms with Crippen molar-refractivity contribution in [2.24, 2.45) is 0 Å². The maximum absolute atomic E-state index is 13.1. The Morgan fingerprint density at radius 3 is 2.65 bits per heavy atom. The topological polar surface area (TPSA) is 3.24 Å². The van der Waals surface area contributed by atoms with Gasteiger partial charge in [-0.05, 0) is 17.8 Å². The molecule has 20 heavy (non-hydrogen) atoms. The van der Waals surface area contributed by atoms with Gasteiger partial charge in [-0.3, -0.25) is 0 Å². The van der Waals surface area contributed by atoms with Gasteiger partial charge in [-0.25, -0.2) is 13.2 Å². The molecule has 0 saturated carbocycles. The standard InChI is InChI=1S/C15H13F3N.Y/c1-10-8-12(16)6-7-13(10)14-5-3-4-11(2)19(14)9-15(17)18;/h3-4,6-8,15H,2,9H2,1H3;/q-1;. The Morgan fingerprint density at radius 1 is 1.35 bits per heavy atom. The normalized spacial score (nSPS) is 14.3. The van der Waals surface area contributed by atoms with E-state index in [1.54, 1.807) is 25.1 Å². The van der Waals surface area contributed by atoms with Crippen molar-refractivity contribution in [2.45, 2.75) is 13.3 Å². The second-order valence-corrected chi connectivity index (χ2v) is 4.28. The van der Waals surface area contributed by atoms with Gasteiger partial charge in [0.05, 0.1) is 6.54 Å². The minimum absolute atomic E-state index is 0. The van der Waals surface area contributed by atoms with Gasteiger partial charge in [0.25, 0.3) is 6.43 Å². The fourth-order valence-electron chi connectivity index (χ4n) is 1.99. The minimum atomic E-state index is -2.49. The molecule has 0 N–H and O–H groups in total. The molecule has 1 aliphatic rings. The van der Waals surface area contributed by atoms with E-state index in [9.17, 15) is 13.2 Å². The molecule has 103 valence electrons. The molecule has 0 aromatic heterocycles. The van der Waals surface area contributed by atoms with E-state index in [4.69, 9.17) is 0 Å². The summed E-state index contributed by atoms with van der Waals surface area (Å²) in [5.41, 5.74) is 2.31. The Labute approximate surface area is 141 Å². The van der Waals surface area contributed by atoms with E-state index in [0.717, 1.165) is 0 Å². The molecule has 0 atom stereocenters. The summed E-state index contributed by atoms with van der Waals surface area (Å²) in [4.78, 5) is 1.39. The molecule has 0 unspecified atom stereocenters. The summed E-state index contributed by atoms with van der Waals surface area (Å²) in [6.45, 7) is 5.02. The minimum Gasteiger partial charge on any atom is -0.370 e. The molecule has 0 spiro atoms. The van der Waals surface area contributed by atoms with Gasteiger partial charge >= 0.3 is 0 Å². The first-order chi connectivity index (χ1) is 8.99. The van der Waals surface area contributed by atoms with Crippen molar-refractivity contribution in [1.82, 2.24) is 4.90 Å². The second kappa shape index (κ2) is 7.23. The molecular weight excluding hydrogens is 340 g/mol. The van der Waals surface area contributed by atoms with Crippen molar-refractivity contribution >= 4 is 5.70 Å². The summed E-state index contributed by atoms with van der Waals surface area (Å²) < 4.78 is 38.4. The van der Waals surface area contributed by atoms with Crippen LogP contribution in [-0.2, 0) is 32.7 Å². The number of aryl methyl sites for hydroxylation is 1. The molecule has 0 bridgehead atoms. The first-order valence-corrected chi connectivity index (χ1v) is 5.80. The average molecular weight is 353 g/mol. The van der Waals surface area contributed by atoms with E-state index in [0.29, 0.717) is 22.5 Å². The fraction of sp³-hybridized carbons (Fsp3) is 0.200. The molecule has 0 fully saturated rings. The molecule has 0 aliphatic carbocycles. The van der Waals surface area contributed by atoms with Crippen molar-refractivity contribution in [1.29, 1.82) is 0 Å². The largest absolute Gasteiger partial charge is 0.370 e. The van der Waals surface area contributed by atoms with Crippen molar-refractivity contribution in [2.75, 3.05) is 6.54 Å². The molecule has 5 heteroatoms. The zero-order valence-electron chi connectivity index (χ0n) is 11.0. The van der Waals surface area contributed by atoms with Crippen LogP contribution in [0.1, 0.15) is 11.1 Å². The van der Waals surface area contributed by atoms with Gasteiger partial charge in [-0.1, -0.05) is 30.3 Å². The van der Waals surface area contributed by atoms with E-state index in [1.165, 1.54) is 17.0 Å². The molecule has 2 rings (SSSR count). The Kier molecular flexibility index (Phi) is 6.21. The fourth-order valence-corrected chi connectivity index (χ4v) is 1.99. The number of allylic oxidation sites excluding steroid dienone is 3. The predicted molar refractivity (Wildman–Crippen MR) is 68.8 cm³/mol. The van der Waals surface area contributed by atoms with Gasteiger partial charge in [-0.15, -0.1) is 12.1 Å². The number of rotatable bonds is 3. The molecule has 1 nitrogen and oxygen atoms in total. The van der Waals surface area contributed by atoms with Gasteiger partial charge in [0.15, 0.2) is 0 Å². The maximum Gasteiger partial charge on any atom is 0.256 e. The quantitative estimate of drug-likeness (QED) is 0.745. The summed E-state index contributed by atoms with van der Waals surface area (Å²) in [7, 11) is 0. The maximum atomic E-state index is 13.1. The SMILES string of the molecule is C=C1C=C[C-]=C(c2ccc(F)cc2C)N1CC(F)F.[Y]. The summed E-state index contributed by atoms with van der Waals surface area (Å²) >= 11 is 0. The van der Waals surface area contributed by atoms with Crippen LogP contribution in [0, 0.1) is 18.8 Å². The molecule has 1 aromatic carbocycles. The number of hydrogen-bond acceptors (Lipinski definition) is 1. The third kappa shape index (κ3) is 3.83. The molecule has 0 saturated heterocycles. The van der Waals surface area contributed by atoms with Crippen LogP contribution in [0.15, 0.2) is 42.6 Å². The summed E-state index contributed by atoms with van der Waals surface area (Å²) in [5.74, 6) is -0.354. The van der Waals surface area contributed by atoms with Crippen LogP contribution in [0.25, 0.3) is 5.70 Å². The summed E-state index contributed by atoms with van der Waals surface area (Å²) in [5, 5.41) is 0. The van der Waals surface area contributed by atoms with Gasteiger partial charge in [0.2, 0.25) is 0 Å². The van der Waals surface area contributed by atoms with Gasteiger partial charge in [-0.2, -0.15) is 12.2 Å². The first-order valence-electron chi connectivity index (χ1n) is 5.80. The van der Waals surface area contributed by atoms with Crippen LogP contribution in [0.4, 0.5) is 13.2 Å². The Balaban J connectivity index is 0.00000200. The average Bonchev–Trinajstić information content (AvgIpc) is 2.32. The zero-order valence-corrected chi connectivity index (χ0v) is 13.9. The van der Waals surface area contributed by atoms with Crippen LogP contribution < -0.4 is 0 Å². The first kappa shape index (κ1) is 17.2. The van der Waals surface area contributed by atoms with Gasteiger partial charge in [0.1, 0.15) is 5.82 Å². The van der Waals surface area contributed by atoms with Crippen LogP contribution >= 0.6 is 0 Å². The van der Waals surface area contributed by atoms with Gasteiger partial charge in [0, 0.05) is 32.7 Å². The summed E-state index contributed by atoms with van der Waals surface area (Å²) in [6.07, 6.45) is 3.68.